The SMILES string of the molecule is O=P1(Oc2ccccc2)OCCN1N=Cc1ccccc1O. The minimum absolute atomic E-state index is 0.102. The van der Waals surface area contributed by atoms with E-state index in [-0.39, 0.29) is 12.4 Å². The lowest BCUT2D eigenvalue weighted by molar-refractivity contribution is 0.296. The Balaban J connectivity index is 1.78. The van der Waals surface area contributed by atoms with Gasteiger partial charge in [0, 0.05) is 5.56 Å². The summed E-state index contributed by atoms with van der Waals surface area (Å²) in [5, 5.41) is 13.8. The van der Waals surface area contributed by atoms with Crippen LogP contribution in [0.5, 0.6) is 11.5 Å². The van der Waals surface area contributed by atoms with Crippen LogP contribution in [0.4, 0.5) is 0 Å². The molecule has 1 atom stereocenters. The molecule has 1 N–H and O–H groups in total. The Bertz CT molecular complexity index is 720. The van der Waals surface area contributed by atoms with Crippen LogP contribution in [0.3, 0.4) is 0 Å². The Hall–Kier alpha value is -2.30. The van der Waals surface area contributed by atoms with Gasteiger partial charge in [-0.2, -0.15) is 9.88 Å². The number of aromatic hydroxyl groups is 1. The van der Waals surface area contributed by atoms with Crippen molar-refractivity contribution in [3.8, 4) is 11.5 Å². The zero-order valence-corrected chi connectivity index (χ0v) is 12.6. The van der Waals surface area contributed by atoms with Crippen molar-refractivity contribution < 1.29 is 18.7 Å². The minimum Gasteiger partial charge on any atom is -0.507 e. The summed E-state index contributed by atoms with van der Waals surface area (Å²) in [5.41, 5.74) is 0.528. The number of para-hydroxylation sites is 2. The summed E-state index contributed by atoms with van der Waals surface area (Å²) < 4.78 is 24.7. The molecule has 1 unspecified atom stereocenters. The molecule has 0 amide bonds. The number of hydrazone groups is 1. The molecule has 0 aromatic heterocycles. The van der Waals surface area contributed by atoms with E-state index in [1.165, 1.54) is 11.0 Å². The summed E-state index contributed by atoms with van der Waals surface area (Å²) in [6.45, 7) is 0.621. The Morgan fingerprint density at radius 3 is 2.68 bits per heavy atom. The van der Waals surface area contributed by atoms with Gasteiger partial charge in [0.1, 0.15) is 11.5 Å². The smallest absolute Gasteiger partial charge is 0.504 e. The lowest BCUT2D eigenvalue weighted by atomic mass is 10.2. The summed E-state index contributed by atoms with van der Waals surface area (Å²) in [5.74, 6) is 0.556. The Morgan fingerprint density at radius 1 is 1.18 bits per heavy atom. The second-order valence-electron chi connectivity index (χ2n) is 4.61. The maximum absolute atomic E-state index is 12.7. The van der Waals surface area contributed by atoms with Crippen molar-refractivity contribution in [1.29, 1.82) is 0 Å². The molecule has 6 nitrogen and oxygen atoms in total. The summed E-state index contributed by atoms with van der Waals surface area (Å²) >= 11 is 0. The zero-order valence-electron chi connectivity index (χ0n) is 11.7. The van der Waals surface area contributed by atoms with E-state index in [0.29, 0.717) is 17.9 Å². The summed E-state index contributed by atoms with van der Waals surface area (Å²) in [7, 11) is -3.50. The van der Waals surface area contributed by atoms with E-state index in [4.69, 9.17) is 9.05 Å². The number of phenolic OH excluding ortho intramolecular Hbond substituents is 1. The monoisotopic (exact) mass is 318 g/mol. The quantitative estimate of drug-likeness (QED) is 0.692. The van der Waals surface area contributed by atoms with E-state index in [2.05, 4.69) is 5.10 Å². The van der Waals surface area contributed by atoms with Gasteiger partial charge in [-0.15, -0.1) is 0 Å². The Morgan fingerprint density at radius 2 is 1.91 bits per heavy atom. The van der Waals surface area contributed by atoms with Gasteiger partial charge in [-0.25, -0.2) is 4.57 Å². The highest BCUT2D eigenvalue weighted by atomic mass is 31.2. The van der Waals surface area contributed by atoms with E-state index >= 15 is 0 Å². The highest BCUT2D eigenvalue weighted by Crippen LogP contribution is 2.55. The third-order valence-corrected chi connectivity index (χ3v) is 4.88. The number of rotatable bonds is 4. The fraction of sp³-hybridized carbons (Fsp3) is 0.133. The molecule has 0 spiro atoms. The van der Waals surface area contributed by atoms with Crippen LogP contribution in [0.25, 0.3) is 0 Å². The standard InChI is InChI=1S/C15H15N2O4P/c18-15-9-5-4-6-13(15)12-16-17-10-11-20-22(17,19)21-14-7-2-1-3-8-14/h1-9,12,18H,10-11H2. The van der Waals surface area contributed by atoms with Crippen molar-refractivity contribution >= 4 is 14.0 Å². The molecule has 114 valence electrons. The first kappa shape index (κ1) is 14.6. The third-order valence-electron chi connectivity index (χ3n) is 3.06. The van der Waals surface area contributed by atoms with E-state index in [1.807, 2.05) is 6.07 Å². The van der Waals surface area contributed by atoms with Gasteiger partial charge in [-0.05, 0) is 24.3 Å². The summed E-state index contributed by atoms with van der Waals surface area (Å²) in [6, 6.07) is 15.6. The molecule has 1 saturated heterocycles. The van der Waals surface area contributed by atoms with Crippen LogP contribution in [0, 0.1) is 0 Å². The minimum atomic E-state index is -3.50. The fourth-order valence-corrected chi connectivity index (χ4v) is 3.45. The van der Waals surface area contributed by atoms with Gasteiger partial charge in [0.15, 0.2) is 0 Å². The van der Waals surface area contributed by atoms with Crippen LogP contribution >= 0.6 is 7.75 Å². The lowest BCUT2D eigenvalue weighted by Gasteiger charge is -2.19. The molecule has 0 aliphatic carbocycles. The number of hydrogen-bond acceptors (Lipinski definition) is 5. The Kier molecular flexibility index (Phi) is 4.13. The lowest BCUT2D eigenvalue weighted by Crippen LogP contribution is -2.12. The van der Waals surface area contributed by atoms with Gasteiger partial charge in [-0.1, -0.05) is 30.3 Å². The van der Waals surface area contributed by atoms with Crippen molar-refractivity contribution in [3.05, 3.63) is 60.2 Å². The first-order valence-corrected chi connectivity index (χ1v) is 8.26. The molecule has 2 aromatic rings. The average molecular weight is 318 g/mol. The molecule has 0 saturated carbocycles. The van der Waals surface area contributed by atoms with E-state index in [1.54, 1.807) is 48.5 Å². The van der Waals surface area contributed by atoms with Crippen LogP contribution in [0.2, 0.25) is 0 Å². The average Bonchev–Trinajstić information content (AvgIpc) is 2.88. The van der Waals surface area contributed by atoms with Crippen LogP contribution < -0.4 is 4.52 Å². The van der Waals surface area contributed by atoms with Crippen molar-refractivity contribution in [2.24, 2.45) is 5.10 Å². The zero-order chi connectivity index (χ0) is 15.4. The summed E-state index contributed by atoms with van der Waals surface area (Å²) in [4.78, 5) is 0. The van der Waals surface area contributed by atoms with Crippen LogP contribution in [-0.4, -0.2) is 29.3 Å². The molecule has 1 aliphatic heterocycles. The molecule has 0 bridgehead atoms. The van der Waals surface area contributed by atoms with Crippen molar-refractivity contribution in [1.82, 2.24) is 4.78 Å². The molecule has 3 rings (SSSR count). The van der Waals surface area contributed by atoms with Crippen LogP contribution in [0.1, 0.15) is 5.56 Å². The molecule has 1 heterocycles. The first-order chi connectivity index (χ1) is 10.7. The van der Waals surface area contributed by atoms with E-state index < -0.39 is 7.75 Å². The Labute approximate surface area is 128 Å². The molecule has 0 radical (unpaired) electrons. The van der Waals surface area contributed by atoms with Crippen LogP contribution in [-0.2, 0) is 9.09 Å². The topological polar surface area (TPSA) is 71.4 Å². The van der Waals surface area contributed by atoms with Gasteiger partial charge in [0.05, 0.1) is 19.4 Å². The van der Waals surface area contributed by atoms with E-state index in [9.17, 15) is 9.67 Å². The van der Waals surface area contributed by atoms with Crippen molar-refractivity contribution in [2.75, 3.05) is 13.2 Å². The normalized spacial score (nSPS) is 21.4. The second kappa shape index (κ2) is 6.22. The molecule has 1 fully saturated rings. The van der Waals surface area contributed by atoms with Gasteiger partial charge in [0.25, 0.3) is 0 Å². The largest absolute Gasteiger partial charge is 0.507 e. The number of benzene rings is 2. The molecule has 2 aromatic carbocycles. The molecule has 22 heavy (non-hydrogen) atoms. The third kappa shape index (κ3) is 3.13. The van der Waals surface area contributed by atoms with Crippen LogP contribution in [0.15, 0.2) is 59.7 Å². The van der Waals surface area contributed by atoms with Crippen molar-refractivity contribution in [2.45, 2.75) is 0 Å². The summed E-state index contributed by atoms with van der Waals surface area (Å²) in [6.07, 6.45) is 1.44. The van der Waals surface area contributed by atoms with E-state index in [0.717, 1.165) is 0 Å². The molecule has 7 heteroatoms. The molecular weight excluding hydrogens is 303 g/mol. The second-order valence-corrected chi connectivity index (χ2v) is 6.45. The predicted octanol–water partition coefficient (Wildman–Crippen LogP) is 3.25. The highest BCUT2D eigenvalue weighted by molar-refractivity contribution is 7.51. The van der Waals surface area contributed by atoms with Gasteiger partial charge in [-0.3, -0.25) is 4.52 Å². The fourth-order valence-electron chi connectivity index (χ4n) is 1.96. The number of phenols is 1. The highest BCUT2D eigenvalue weighted by Gasteiger charge is 2.40. The number of nitrogens with zero attached hydrogens (tertiary/aromatic N) is 2. The predicted molar refractivity (Wildman–Crippen MR) is 83.0 cm³/mol. The molecular formula is C15H15N2O4P. The van der Waals surface area contributed by atoms with Gasteiger partial charge >= 0.3 is 7.75 Å². The van der Waals surface area contributed by atoms with Gasteiger partial charge in [0.2, 0.25) is 0 Å². The maximum Gasteiger partial charge on any atom is 0.504 e. The maximum atomic E-state index is 12.7. The van der Waals surface area contributed by atoms with Gasteiger partial charge < -0.3 is 9.63 Å². The number of hydrogen-bond donors (Lipinski definition) is 1. The first-order valence-electron chi connectivity index (χ1n) is 6.77. The molecule has 1 aliphatic rings. The van der Waals surface area contributed by atoms with Crippen molar-refractivity contribution in [3.63, 3.8) is 0 Å².